The standard InChI is InChI=1S/C20H22N4O3/c25-19-13-27-18-12-15(5-6-16(18)23-19)22-20(26)24-11-3-1-2-4-17(24)14-7-9-21-10-8-14/h5-10,12,17H,1-4,11,13H2,(H,22,26)(H,23,25). The molecule has 2 aliphatic heterocycles. The predicted molar refractivity (Wildman–Crippen MR) is 102 cm³/mol. The van der Waals surface area contributed by atoms with Gasteiger partial charge < -0.3 is 20.3 Å². The lowest BCUT2D eigenvalue weighted by atomic mass is 10.0. The quantitative estimate of drug-likeness (QED) is 0.851. The molecule has 2 N–H and O–H groups in total. The minimum absolute atomic E-state index is 0.0133. The van der Waals surface area contributed by atoms with E-state index in [2.05, 4.69) is 15.6 Å². The van der Waals surface area contributed by atoms with Crippen molar-refractivity contribution >= 4 is 23.3 Å². The number of aromatic nitrogens is 1. The van der Waals surface area contributed by atoms with Gasteiger partial charge in [0.05, 0.1) is 11.7 Å². The number of urea groups is 1. The van der Waals surface area contributed by atoms with E-state index < -0.39 is 0 Å². The molecule has 4 rings (SSSR count). The number of nitrogens with zero attached hydrogens (tertiary/aromatic N) is 2. The minimum atomic E-state index is -0.177. The van der Waals surface area contributed by atoms with E-state index in [0.29, 0.717) is 17.1 Å². The summed E-state index contributed by atoms with van der Waals surface area (Å²) in [4.78, 5) is 30.4. The van der Waals surface area contributed by atoms with E-state index in [1.165, 1.54) is 0 Å². The first-order chi connectivity index (χ1) is 13.2. The van der Waals surface area contributed by atoms with Gasteiger partial charge in [0, 0.05) is 30.7 Å². The van der Waals surface area contributed by atoms with Crippen LogP contribution in [0.25, 0.3) is 0 Å². The van der Waals surface area contributed by atoms with E-state index in [0.717, 1.165) is 37.8 Å². The van der Waals surface area contributed by atoms with Crippen LogP contribution < -0.4 is 15.4 Å². The largest absolute Gasteiger partial charge is 0.482 e. The van der Waals surface area contributed by atoms with Crippen LogP contribution in [0.2, 0.25) is 0 Å². The third-order valence-electron chi connectivity index (χ3n) is 4.97. The second-order valence-corrected chi connectivity index (χ2v) is 6.82. The molecular weight excluding hydrogens is 344 g/mol. The van der Waals surface area contributed by atoms with Crippen LogP contribution in [0.15, 0.2) is 42.7 Å². The summed E-state index contributed by atoms with van der Waals surface area (Å²) in [5, 5.41) is 5.73. The number of carbonyl (C=O) groups excluding carboxylic acids is 2. The van der Waals surface area contributed by atoms with Crippen LogP contribution in [0.5, 0.6) is 5.75 Å². The van der Waals surface area contributed by atoms with Crippen molar-refractivity contribution in [2.24, 2.45) is 0 Å². The number of carbonyl (C=O) groups is 2. The van der Waals surface area contributed by atoms with Crippen molar-refractivity contribution in [2.45, 2.75) is 31.7 Å². The Morgan fingerprint density at radius 3 is 2.89 bits per heavy atom. The molecule has 0 saturated carbocycles. The number of pyridine rings is 1. The average Bonchev–Trinajstić information content (AvgIpc) is 2.95. The first-order valence-electron chi connectivity index (χ1n) is 9.25. The van der Waals surface area contributed by atoms with Crippen LogP contribution in [0.1, 0.15) is 37.3 Å². The number of nitrogens with one attached hydrogen (secondary N) is 2. The van der Waals surface area contributed by atoms with Crippen molar-refractivity contribution in [1.82, 2.24) is 9.88 Å². The van der Waals surface area contributed by atoms with Crippen LogP contribution in [0.4, 0.5) is 16.2 Å². The van der Waals surface area contributed by atoms with Crippen molar-refractivity contribution in [3.05, 3.63) is 48.3 Å². The van der Waals surface area contributed by atoms with Gasteiger partial charge >= 0.3 is 6.03 Å². The molecule has 3 amide bonds. The fourth-order valence-electron chi connectivity index (χ4n) is 3.63. The van der Waals surface area contributed by atoms with Crippen LogP contribution in [-0.4, -0.2) is 35.0 Å². The first kappa shape index (κ1) is 17.3. The number of hydrogen-bond donors (Lipinski definition) is 2. The van der Waals surface area contributed by atoms with Crippen LogP contribution >= 0.6 is 0 Å². The highest BCUT2D eigenvalue weighted by Crippen LogP contribution is 2.33. The van der Waals surface area contributed by atoms with Crippen molar-refractivity contribution in [3.8, 4) is 5.75 Å². The summed E-state index contributed by atoms with van der Waals surface area (Å²) >= 11 is 0. The molecule has 1 aromatic heterocycles. The maximum absolute atomic E-state index is 13.0. The van der Waals surface area contributed by atoms with Gasteiger partial charge in [0.15, 0.2) is 6.61 Å². The Morgan fingerprint density at radius 2 is 2.04 bits per heavy atom. The Balaban J connectivity index is 1.53. The third-order valence-corrected chi connectivity index (χ3v) is 4.97. The molecule has 3 heterocycles. The lowest BCUT2D eigenvalue weighted by Gasteiger charge is -2.30. The van der Waals surface area contributed by atoms with Gasteiger partial charge in [-0.3, -0.25) is 9.78 Å². The van der Waals surface area contributed by atoms with Gasteiger partial charge in [-0.1, -0.05) is 12.8 Å². The van der Waals surface area contributed by atoms with E-state index in [1.807, 2.05) is 17.0 Å². The molecule has 1 atom stereocenters. The molecule has 1 unspecified atom stereocenters. The highest BCUT2D eigenvalue weighted by Gasteiger charge is 2.27. The topological polar surface area (TPSA) is 83.6 Å². The summed E-state index contributed by atoms with van der Waals surface area (Å²) in [7, 11) is 0. The number of hydrogen-bond acceptors (Lipinski definition) is 4. The van der Waals surface area contributed by atoms with Crippen LogP contribution in [0.3, 0.4) is 0 Å². The molecule has 1 saturated heterocycles. The number of ether oxygens (including phenoxy) is 1. The van der Waals surface area contributed by atoms with Crippen molar-refractivity contribution in [3.63, 3.8) is 0 Å². The Morgan fingerprint density at radius 1 is 1.19 bits per heavy atom. The lowest BCUT2D eigenvalue weighted by Crippen LogP contribution is -2.38. The number of likely N-dealkylation sites (tertiary alicyclic amines) is 1. The average molecular weight is 366 g/mol. The number of amides is 3. The van der Waals surface area contributed by atoms with Crippen molar-refractivity contribution in [2.75, 3.05) is 23.8 Å². The van der Waals surface area contributed by atoms with Gasteiger partial charge in [-0.05, 0) is 42.7 Å². The first-order valence-corrected chi connectivity index (χ1v) is 9.25. The zero-order valence-corrected chi connectivity index (χ0v) is 15.0. The normalized spacial score (nSPS) is 19.3. The monoisotopic (exact) mass is 366 g/mol. The molecule has 2 aromatic rings. The molecule has 7 nitrogen and oxygen atoms in total. The van der Waals surface area contributed by atoms with Crippen molar-refractivity contribution in [1.29, 1.82) is 0 Å². The smallest absolute Gasteiger partial charge is 0.322 e. The molecule has 0 spiro atoms. The molecule has 1 fully saturated rings. The van der Waals surface area contributed by atoms with E-state index in [9.17, 15) is 9.59 Å². The zero-order chi connectivity index (χ0) is 18.6. The second-order valence-electron chi connectivity index (χ2n) is 6.82. The summed E-state index contributed by atoms with van der Waals surface area (Å²) in [5.41, 5.74) is 2.37. The highest BCUT2D eigenvalue weighted by molar-refractivity contribution is 5.96. The maximum atomic E-state index is 13.0. The molecule has 0 bridgehead atoms. The summed E-state index contributed by atoms with van der Waals surface area (Å²) in [6.07, 6.45) is 7.70. The van der Waals surface area contributed by atoms with Gasteiger partial charge in [0.2, 0.25) is 0 Å². The van der Waals surface area contributed by atoms with Gasteiger partial charge in [-0.2, -0.15) is 0 Å². The third kappa shape index (κ3) is 3.86. The Labute approximate surface area is 157 Å². The molecule has 7 heteroatoms. The molecular formula is C20H22N4O3. The predicted octanol–water partition coefficient (Wildman–Crippen LogP) is 3.56. The molecule has 27 heavy (non-hydrogen) atoms. The SMILES string of the molecule is O=C1COc2cc(NC(=O)N3CCCCCC3c3ccncc3)ccc2N1. The van der Waals surface area contributed by atoms with Crippen LogP contribution in [-0.2, 0) is 4.79 Å². The number of fused-ring (bicyclic) bond motifs is 1. The van der Waals surface area contributed by atoms with Gasteiger partial charge in [0.25, 0.3) is 5.91 Å². The zero-order valence-electron chi connectivity index (χ0n) is 15.0. The summed E-state index contributed by atoms with van der Waals surface area (Å²) in [6, 6.07) is 9.13. The van der Waals surface area contributed by atoms with E-state index in [-0.39, 0.29) is 24.6 Å². The molecule has 140 valence electrons. The molecule has 2 aliphatic rings. The molecule has 0 aliphatic carbocycles. The second kappa shape index (κ2) is 7.65. The van der Waals surface area contributed by atoms with Gasteiger partial charge in [0.1, 0.15) is 5.75 Å². The van der Waals surface area contributed by atoms with Gasteiger partial charge in [-0.25, -0.2) is 4.79 Å². The summed E-state index contributed by atoms with van der Waals surface area (Å²) in [5.74, 6) is 0.387. The number of benzene rings is 1. The van der Waals surface area contributed by atoms with Gasteiger partial charge in [-0.15, -0.1) is 0 Å². The maximum Gasteiger partial charge on any atom is 0.322 e. The minimum Gasteiger partial charge on any atom is -0.482 e. The fraction of sp³-hybridized carbons (Fsp3) is 0.350. The van der Waals surface area contributed by atoms with Crippen molar-refractivity contribution < 1.29 is 14.3 Å². The van der Waals surface area contributed by atoms with E-state index in [4.69, 9.17) is 4.74 Å². The van der Waals surface area contributed by atoms with E-state index >= 15 is 0 Å². The van der Waals surface area contributed by atoms with Crippen LogP contribution in [0, 0.1) is 0 Å². The number of anilines is 2. The number of rotatable bonds is 2. The molecule has 1 aromatic carbocycles. The molecule has 0 radical (unpaired) electrons. The highest BCUT2D eigenvalue weighted by atomic mass is 16.5. The fourth-order valence-corrected chi connectivity index (χ4v) is 3.63. The Bertz CT molecular complexity index is 840. The van der Waals surface area contributed by atoms with E-state index in [1.54, 1.807) is 30.6 Å². The Kier molecular flexibility index (Phi) is 4.91. The lowest BCUT2D eigenvalue weighted by molar-refractivity contribution is -0.118. The Hall–Kier alpha value is -3.09. The summed E-state index contributed by atoms with van der Waals surface area (Å²) in [6.45, 7) is 0.705. The summed E-state index contributed by atoms with van der Waals surface area (Å²) < 4.78 is 5.43.